The predicted molar refractivity (Wildman–Crippen MR) is 81.3 cm³/mol. The van der Waals surface area contributed by atoms with E-state index in [0.717, 1.165) is 12.4 Å². The molecule has 1 aliphatic heterocycles. The smallest absolute Gasteiger partial charge is 0.241 e. The van der Waals surface area contributed by atoms with E-state index in [1.165, 1.54) is 6.33 Å². The third-order valence-electron chi connectivity index (χ3n) is 3.85. The molecule has 2 heterocycles. The summed E-state index contributed by atoms with van der Waals surface area (Å²) in [7, 11) is 1.81. The van der Waals surface area contributed by atoms with Crippen LogP contribution in [0.25, 0.3) is 0 Å². The number of rotatable bonds is 5. The summed E-state index contributed by atoms with van der Waals surface area (Å²) in [6.07, 6.45) is 2.13. The van der Waals surface area contributed by atoms with E-state index in [2.05, 4.69) is 15.3 Å². The van der Waals surface area contributed by atoms with Crippen LogP contribution in [0.5, 0.6) is 0 Å². The molecule has 0 aromatic carbocycles. The summed E-state index contributed by atoms with van der Waals surface area (Å²) in [6, 6.07) is 1.81. The van der Waals surface area contributed by atoms with E-state index in [4.69, 9.17) is 0 Å². The minimum atomic E-state index is -0.769. The van der Waals surface area contributed by atoms with Gasteiger partial charge < -0.3 is 20.2 Å². The summed E-state index contributed by atoms with van der Waals surface area (Å²) >= 11 is 0. The molecule has 1 aromatic heterocycles. The fourth-order valence-corrected chi connectivity index (χ4v) is 1.98. The molecule has 2 N–H and O–H groups in total. The summed E-state index contributed by atoms with van der Waals surface area (Å²) in [5.74, 6) is 1.47. The van der Waals surface area contributed by atoms with Crippen LogP contribution >= 0.6 is 0 Å². The van der Waals surface area contributed by atoms with E-state index in [0.29, 0.717) is 31.9 Å². The van der Waals surface area contributed by atoms with Gasteiger partial charge in [-0.2, -0.15) is 0 Å². The van der Waals surface area contributed by atoms with Crippen LogP contribution in [0.1, 0.15) is 20.3 Å². The Labute approximate surface area is 125 Å². The Kier molecular flexibility index (Phi) is 4.62. The van der Waals surface area contributed by atoms with Gasteiger partial charge in [-0.3, -0.25) is 4.79 Å². The normalized spacial score (nSPS) is 18.6. The quantitative estimate of drug-likeness (QED) is 0.814. The van der Waals surface area contributed by atoms with Gasteiger partial charge in [-0.15, -0.1) is 0 Å². The zero-order chi connectivity index (χ0) is 15.5. The maximum Gasteiger partial charge on any atom is 0.241 e. The Hall–Kier alpha value is -1.89. The van der Waals surface area contributed by atoms with Crippen LogP contribution in [0.15, 0.2) is 12.4 Å². The number of aromatic nitrogens is 2. The van der Waals surface area contributed by atoms with Crippen molar-refractivity contribution in [3.05, 3.63) is 12.4 Å². The molecule has 0 radical (unpaired) electrons. The number of hydrogen-bond donors (Lipinski definition) is 2. The third kappa shape index (κ3) is 4.04. The van der Waals surface area contributed by atoms with E-state index in [-0.39, 0.29) is 5.91 Å². The Balaban J connectivity index is 2.02. The Morgan fingerprint density at radius 2 is 2.19 bits per heavy atom. The zero-order valence-electron chi connectivity index (χ0n) is 12.8. The van der Waals surface area contributed by atoms with Crippen LogP contribution in [0, 0.1) is 0 Å². The molecule has 7 heteroatoms. The lowest BCUT2D eigenvalue weighted by Crippen LogP contribution is -2.48. The van der Waals surface area contributed by atoms with Crippen molar-refractivity contribution < 1.29 is 9.90 Å². The van der Waals surface area contributed by atoms with Crippen molar-refractivity contribution >= 4 is 17.5 Å². The molecular weight excluding hydrogens is 270 g/mol. The highest BCUT2D eigenvalue weighted by atomic mass is 16.3. The Bertz CT molecular complexity index is 506. The molecule has 1 unspecified atom stereocenters. The second-order valence-corrected chi connectivity index (χ2v) is 5.70. The van der Waals surface area contributed by atoms with E-state index >= 15 is 0 Å². The first-order chi connectivity index (χ1) is 9.91. The summed E-state index contributed by atoms with van der Waals surface area (Å²) in [4.78, 5) is 23.8. The summed E-state index contributed by atoms with van der Waals surface area (Å²) in [5, 5.41) is 13.1. The van der Waals surface area contributed by atoms with Crippen molar-refractivity contribution in [2.45, 2.75) is 25.9 Å². The molecule has 0 aliphatic carbocycles. The van der Waals surface area contributed by atoms with Gasteiger partial charge in [0.1, 0.15) is 18.0 Å². The zero-order valence-corrected chi connectivity index (χ0v) is 12.8. The number of aliphatic hydroxyl groups is 1. The molecule has 0 spiro atoms. The van der Waals surface area contributed by atoms with Crippen LogP contribution < -0.4 is 10.2 Å². The lowest BCUT2D eigenvalue weighted by atomic mass is 10.0. The van der Waals surface area contributed by atoms with Crippen LogP contribution in [0.2, 0.25) is 0 Å². The Morgan fingerprint density at radius 1 is 1.43 bits per heavy atom. The number of carbonyl (C=O) groups is 1. The third-order valence-corrected chi connectivity index (χ3v) is 3.85. The van der Waals surface area contributed by atoms with Gasteiger partial charge in [-0.05, 0) is 13.3 Å². The minimum absolute atomic E-state index is 0.0864. The largest absolute Gasteiger partial charge is 0.388 e. The molecule has 21 heavy (non-hydrogen) atoms. The van der Waals surface area contributed by atoms with E-state index in [9.17, 15) is 9.90 Å². The van der Waals surface area contributed by atoms with Gasteiger partial charge >= 0.3 is 0 Å². The second kappa shape index (κ2) is 6.26. The predicted octanol–water partition coefficient (Wildman–Crippen LogP) is 0.328. The number of nitrogens with one attached hydrogen (secondary N) is 1. The molecule has 0 saturated carbocycles. The number of carbonyl (C=O) groups excluding carboxylic acids is 1. The van der Waals surface area contributed by atoms with Crippen molar-refractivity contribution in [3.63, 3.8) is 0 Å². The first kappa shape index (κ1) is 15.5. The molecule has 1 saturated heterocycles. The number of anilines is 2. The molecular formula is C14H23N5O2. The lowest BCUT2D eigenvalue weighted by Gasteiger charge is -2.32. The molecule has 1 amide bonds. The van der Waals surface area contributed by atoms with Crippen molar-refractivity contribution in [1.29, 1.82) is 0 Å². The van der Waals surface area contributed by atoms with Crippen molar-refractivity contribution in [2.24, 2.45) is 0 Å². The monoisotopic (exact) mass is 293 g/mol. The number of amides is 1. The molecule has 1 aliphatic rings. The number of hydrogen-bond acceptors (Lipinski definition) is 6. The topological polar surface area (TPSA) is 81.6 Å². The first-order valence-corrected chi connectivity index (χ1v) is 7.18. The van der Waals surface area contributed by atoms with Crippen LogP contribution in [0.4, 0.5) is 11.6 Å². The first-order valence-electron chi connectivity index (χ1n) is 7.18. The Morgan fingerprint density at radius 3 is 2.86 bits per heavy atom. The maximum absolute atomic E-state index is 11.8. The SMILES string of the molecule is CCC(C)(O)CNc1cc(N2CCN(C)C(=O)C2)ncn1. The minimum Gasteiger partial charge on any atom is -0.388 e. The molecule has 1 atom stereocenters. The molecule has 116 valence electrons. The van der Waals surface area contributed by atoms with Crippen LogP contribution in [-0.2, 0) is 4.79 Å². The lowest BCUT2D eigenvalue weighted by molar-refractivity contribution is -0.129. The van der Waals surface area contributed by atoms with Gasteiger partial charge in [-0.1, -0.05) is 6.92 Å². The second-order valence-electron chi connectivity index (χ2n) is 5.70. The van der Waals surface area contributed by atoms with Gasteiger partial charge in [0, 0.05) is 32.7 Å². The van der Waals surface area contributed by atoms with Gasteiger partial charge in [0.2, 0.25) is 5.91 Å². The van der Waals surface area contributed by atoms with Crippen molar-refractivity contribution in [2.75, 3.05) is 43.4 Å². The average Bonchev–Trinajstić information content (AvgIpc) is 2.48. The average molecular weight is 293 g/mol. The molecule has 1 fully saturated rings. The summed E-state index contributed by atoms with van der Waals surface area (Å²) in [6.45, 7) is 5.91. The fourth-order valence-electron chi connectivity index (χ4n) is 1.98. The number of piperazine rings is 1. The van der Waals surface area contributed by atoms with E-state index in [1.807, 2.05) is 17.9 Å². The van der Waals surface area contributed by atoms with Gasteiger partial charge in [-0.25, -0.2) is 9.97 Å². The summed E-state index contributed by atoms with van der Waals surface area (Å²) in [5.41, 5.74) is -0.769. The molecule has 1 aromatic rings. The number of nitrogens with zero attached hydrogens (tertiary/aromatic N) is 4. The maximum atomic E-state index is 11.8. The van der Waals surface area contributed by atoms with Gasteiger partial charge in [0.05, 0.1) is 12.1 Å². The highest BCUT2D eigenvalue weighted by molar-refractivity contribution is 5.82. The van der Waals surface area contributed by atoms with Gasteiger partial charge in [0.25, 0.3) is 0 Å². The molecule has 2 rings (SSSR count). The number of likely N-dealkylation sites (N-methyl/N-ethyl adjacent to an activating group) is 1. The highest BCUT2D eigenvalue weighted by Crippen LogP contribution is 2.17. The van der Waals surface area contributed by atoms with Crippen molar-refractivity contribution in [1.82, 2.24) is 14.9 Å². The van der Waals surface area contributed by atoms with E-state index < -0.39 is 5.60 Å². The van der Waals surface area contributed by atoms with Gasteiger partial charge in [0.15, 0.2) is 0 Å². The van der Waals surface area contributed by atoms with Crippen LogP contribution in [0.3, 0.4) is 0 Å². The van der Waals surface area contributed by atoms with E-state index in [1.54, 1.807) is 18.9 Å². The standard InChI is InChI=1S/C14H23N5O2/c1-4-14(2,21)9-15-11-7-12(17-10-16-11)19-6-5-18(3)13(20)8-19/h7,10,21H,4-6,8-9H2,1-3H3,(H,15,16,17). The summed E-state index contributed by atoms with van der Waals surface area (Å²) < 4.78 is 0. The highest BCUT2D eigenvalue weighted by Gasteiger charge is 2.22. The molecule has 0 bridgehead atoms. The van der Waals surface area contributed by atoms with Crippen molar-refractivity contribution in [3.8, 4) is 0 Å². The fraction of sp³-hybridized carbons (Fsp3) is 0.643. The van der Waals surface area contributed by atoms with Crippen LogP contribution in [-0.4, -0.2) is 64.7 Å². The molecule has 7 nitrogen and oxygen atoms in total.